The van der Waals surface area contributed by atoms with Gasteiger partial charge in [-0.05, 0) is 42.3 Å². The van der Waals surface area contributed by atoms with Gasteiger partial charge in [-0.25, -0.2) is 4.39 Å². The van der Waals surface area contributed by atoms with E-state index in [-0.39, 0.29) is 12.4 Å². The molecule has 2 aromatic rings. The molecule has 94 valence electrons. The van der Waals surface area contributed by atoms with E-state index in [4.69, 9.17) is 4.74 Å². The summed E-state index contributed by atoms with van der Waals surface area (Å²) in [5.41, 5.74) is 1.45. The lowest BCUT2D eigenvalue weighted by atomic mass is 10.1. The van der Waals surface area contributed by atoms with Gasteiger partial charge in [-0.15, -0.1) is 0 Å². The Morgan fingerprint density at radius 1 is 1.28 bits per heavy atom. The van der Waals surface area contributed by atoms with Crippen LogP contribution in [0.15, 0.2) is 42.7 Å². The van der Waals surface area contributed by atoms with Crippen LogP contribution in [0.5, 0.6) is 5.75 Å². The molecule has 0 bridgehead atoms. The molecule has 0 spiro atoms. The molecule has 0 saturated heterocycles. The minimum absolute atomic E-state index is 0.177. The fourth-order valence-corrected chi connectivity index (χ4v) is 1.53. The quantitative estimate of drug-likeness (QED) is 0.903. The summed E-state index contributed by atoms with van der Waals surface area (Å²) in [6.07, 6.45) is 2.63. The second-order valence-electron chi connectivity index (χ2n) is 4.01. The summed E-state index contributed by atoms with van der Waals surface area (Å²) in [7, 11) is 0. The van der Waals surface area contributed by atoms with Gasteiger partial charge in [0.05, 0.1) is 6.10 Å². The molecule has 0 amide bonds. The highest BCUT2D eigenvalue weighted by molar-refractivity contribution is 5.30. The predicted octanol–water partition coefficient (Wildman–Crippen LogP) is 2.85. The number of rotatable bonds is 4. The average molecular weight is 247 g/mol. The number of pyridine rings is 1. The summed E-state index contributed by atoms with van der Waals surface area (Å²) >= 11 is 0. The molecule has 2 rings (SSSR count). The molecule has 18 heavy (non-hydrogen) atoms. The van der Waals surface area contributed by atoms with Crippen molar-refractivity contribution >= 4 is 0 Å². The summed E-state index contributed by atoms with van der Waals surface area (Å²) in [6, 6.07) is 8.07. The SMILES string of the molecule is CC(O)c1ccc(OCc2ccncc2)c(F)c1. The van der Waals surface area contributed by atoms with Crippen molar-refractivity contribution in [1.82, 2.24) is 4.98 Å². The van der Waals surface area contributed by atoms with Gasteiger partial charge in [-0.1, -0.05) is 6.07 Å². The topological polar surface area (TPSA) is 42.4 Å². The van der Waals surface area contributed by atoms with Gasteiger partial charge in [0.15, 0.2) is 11.6 Å². The summed E-state index contributed by atoms with van der Waals surface area (Å²) in [5, 5.41) is 9.33. The van der Waals surface area contributed by atoms with E-state index in [1.54, 1.807) is 25.4 Å². The van der Waals surface area contributed by atoms with Crippen molar-refractivity contribution in [2.24, 2.45) is 0 Å². The van der Waals surface area contributed by atoms with Crippen molar-refractivity contribution in [3.8, 4) is 5.75 Å². The van der Waals surface area contributed by atoms with Crippen LogP contribution in [-0.4, -0.2) is 10.1 Å². The zero-order valence-electron chi connectivity index (χ0n) is 10.0. The van der Waals surface area contributed by atoms with Gasteiger partial charge < -0.3 is 9.84 Å². The second-order valence-corrected chi connectivity index (χ2v) is 4.01. The number of nitrogens with zero attached hydrogens (tertiary/aromatic N) is 1. The molecule has 0 fully saturated rings. The lowest BCUT2D eigenvalue weighted by Crippen LogP contribution is -1.99. The summed E-state index contributed by atoms with van der Waals surface area (Å²) in [4.78, 5) is 3.89. The van der Waals surface area contributed by atoms with E-state index >= 15 is 0 Å². The van der Waals surface area contributed by atoms with Crippen LogP contribution in [-0.2, 0) is 6.61 Å². The van der Waals surface area contributed by atoms with Crippen molar-refractivity contribution in [3.05, 3.63) is 59.7 Å². The van der Waals surface area contributed by atoms with Crippen molar-refractivity contribution in [1.29, 1.82) is 0 Å². The standard InChI is InChI=1S/C14H14FNO2/c1-10(17)12-2-3-14(13(15)8-12)18-9-11-4-6-16-7-5-11/h2-8,10,17H,9H2,1H3. The van der Waals surface area contributed by atoms with E-state index in [9.17, 15) is 9.50 Å². The highest BCUT2D eigenvalue weighted by atomic mass is 19.1. The molecule has 1 atom stereocenters. The Labute approximate surface area is 105 Å². The third kappa shape index (κ3) is 3.05. The molecule has 0 saturated carbocycles. The van der Waals surface area contributed by atoms with Crippen LogP contribution < -0.4 is 4.74 Å². The zero-order valence-corrected chi connectivity index (χ0v) is 10.0. The minimum atomic E-state index is -0.686. The number of hydrogen-bond donors (Lipinski definition) is 1. The van der Waals surface area contributed by atoms with Crippen molar-refractivity contribution < 1.29 is 14.2 Å². The normalized spacial score (nSPS) is 12.2. The largest absolute Gasteiger partial charge is 0.486 e. The molecule has 1 heterocycles. The molecule has 0 aliphatic carbocycles. The number of aliphatic hydroxyl groups is 1. The van der Waals surface area contributed by atoms with Crippen LogP contribution >= 0.6 is 0 Å². The first-order valence-electron chi connectivity index (χ1n) is 5.66. The molecule has 4 heteroatoms. The van der Waals surface area contributed by atoms with E-state index in [2.05, 4.69) is 4.98 Å². The predicted molar refractivity (Wildman–Crippen MR) is 65.6 cm³/mol. The molecular weight excluding hydrogens is 233 g/mol. The maximum absolute atomic E-state index is 13.7. The molecule has 0 radical (unpaired) electrons. The van der Waals surface area contributed by atoms with Crippen LogP contribution in [0, 0.1) is 5.82 Å². The number of halogens is 1. The van der Waals surface area contributed by atoms with E-state index in [1.807, 2.05) is 12.1 Å². The fraction of sp³-hybridized carbons (Fsp3) is 0.214. The van der Waals surface area contributed by atoms with Crippen LogP contribution in [0.4, 0.5) is 4.39 Å². The third-order valence-corrected chi connectivity index (χ3v) is 2.58. The molecule has 0 aliphatic heterocycles. The maximum atomic E-state index is 13.7. The Hall–Kier alpha value is -1.94. The first-order chi connectivity index (χ1) is 8.66. The Morgan fingerprint density at radius 3 is 2.61 bits per heavy atom. The molecular formula is C14H14FNO2. The van der Waals surface area contributed by atoms with Crippen LogP contribution in [0.1, 0.15) is 24.2 Å². The van der Waals surface area contributed by atoms with E-state index in [1.165, 1.54) is 12.1 Å². The third-order valence-electron chi connectivity index (χ3n) is 2.58. The van der Waals surface area contributed by atoms with Gasteiger partial charge in [-0.2, -0.15) is 0 Å². The van der Waals surface area contributed by atoms with Crippen molar-refractivity contribution in [2.45, 2.75) is 19.6 Å². The molecule has 1 aromatic carbocycles. The van der Waals surface area contributed by atoms with E-state index in [0.717, 1.165) is 5.56 Å². The van der Waals surface area contributed by atoms with Gasteiger partial charge in [-0.3, -0.25) is 4.98 Å². The number of ether oxygens (including phenoxy) is 1. The van der Waals surface area contributed by atoms with Gasteiger partial charge in [0.1, 0.15) is 6.61 Å². The maximum Gasteiger partial charge on any atom is 0.165 e. The molecule has 0 aliphatic rings. The van der Waals surface area contributed by atoms with Crippen molar-refractivity contribution in [3.63, 3.8) is 0 Å². The number of hydrogen-bond acceptors (Lipinski definition) is 3. The number of aliphatic hydroxyl groups excluding tert-OH is 1. The molecule has 1 N–H and O–H groups in total. The summed E-state index contributed by atoms with van der Waals surface area (Å²) in [5.74, 6) is -0.293. The molecule has 3 nitrogen and oxygen atoms in total. The number of aromatic nitrogens is 1. The molecule has 1 aromatic heterocycles. The minimum Gasteiger partial charge on any atom is -0.486 e. The van der Waals surface area contributed by atoms with Gasteiger partial charge in [0, 0.05) is 12.4 Å². The van der Waals surface area contributed by atoms with Crippen molar-refractivity contribution in [2.75, 3.05) is 0 Å². The van der Waals surface area contributed by atoms with E-state index in [0.29, 0.717) is 5.56 Å². The lowest BCUT2D eigenvalue weighted by molar-refractivity contribution is 0.198. The van der Waals surface area contributed by atoms with Gasteiger partial charge in [0.2, 0.25) is 0 Å². The Kier molecular flexibility index (Phi) is 3.89. The monoisotopic (exact) mass is 247 g/mol. The Balaban J connectivity index is 2.06. The Morgan fingerprint density at radius 2 is 2.00 bits per heavy atom. The van der Waals surface area contributed by atoms with Crippen LogP contribution in [0.25, 0.3) is 0 Å². The summed E-state index contributed by atoms with van der Waals surface area (Å²) < 4.78 is 19.0. The van der Waals surface area contributed by atoms with E-state index < -0.39 is 11.9 Å². The van der Waals surface area contributed by atoms with Crippen LogP contribution in [0.2, 0.25) is 0 Å². The smallest absolute Gasteiger partial charge is 0.165 e. The van der Waals surface area contributed by atoms with Crippen LogP contribution in [0.3, 0.4) is 0 Å². The highest BCUT2D eigenvalue weighted by Gasteiger charge is 2.08. The Bertz CT molecular complexity index is 514. The first-order valence-corrected chi connectivity index (χ1v) is 5.66. The zero-order chi connectivity index (χ0) is 13.0. The molecule has 1 unspecified atom stereocenters. The number of benzene rings is 1. The highest BCUT2D eigenvalue weighted by Crippen LogP contribution is 2.22. The summed E-state index contributed by atoms with van der Waals surface area (Å²) in [6.45, 7) is 1.87. The lowest BCUT2D eigenvalue weighted by Gasteiger charge is -2.10. The van der Waals surface area contributed by atoms with Gasteiger partial charge >= 0.3 is 0 Å². The first kappa shape index (κ1) is 12.5. The fourth-order valence-electron chi connectivity index (χ4n) is 1.53. The second kappa shape index (κ2) is 5.60. The average Bonchev–Trinajstić information content (AvgIpc) is 2.38. The van der Waals surface area contributed by atoms with Gasteiger partial charge in [0.25, 0.3) is 0 Å².